The molecule has 0 saturated carbocycles. The van der Waals surface area contributed by atoms with E-state index < -0.39 is 21.9 Å². The number of carbonyl (C=O) groups is 1. The molecular weight excluding hydrogens is 294 g/mol. The molecule has 0 aromatic carbocycles. The van der Waals surface area contributed by atoms with Crippen LogP contribution < -0.4 is 10.9 Å². The summed E-state index contributed by atoms with van der Waals surface area (Å²) in [6.07, 6.45) is 0.502. The smallest absolute Gasteiger partial charge is 0.271 e. The normalized spacial score (nSPS) is 15.6. The van der Waals surface area contributed by atoms with Crippen LogP contribution >= 0.6 is 23.7 Å². The number of nitrogens with zero attached hydrogens (tertiary/aromatic N) is 1. The largest absolute Gasteiger partial charge is 0.320 e. The highest BCUT2D eigenvalue weighted by Gasteiger charge is 2.18. The van der Waals surface area contributed by atoms with Crippen molar-refractivity contribution >= 4 is 39.6 Å². The summed E-state index contributed by atoms with van der Waals surface area (Å²) in [5, 5.41) is 7.28. The monoisotopic (exact) mass is 311 g/mol. The molecule has 0 aliphatic rings. The topological polar surface area (TPSA) is 98.5 Å². The molecule has 0 saturated heterocycles. The highest BCUT2D eigenvalue weighted by Crippen LogP contribution is 2.16. The van der Waals surface area contributed by atoms with E-state index in [1.807, 2.05) is 13.8 Å². The number of hydrogen-bond donors (Lipinski definition) is 2. The quantitative estimate of drug-likeness (QED) is 0.886. The van der Waals surface area contributed by atoms with Crippen LogP contribution in [0.2, 0.25) is 0 Å². The van der Waals surface area contributed by atoms with Crippen LogP contribution in [0.25, 0.3) is 0 Å². The predicted octanol–water partition coefficient (Wildman–Crippen LogP) is 1.77. The van der Waals surface area contributed by atoms with E-state index in [9.17, 15) is 9.00 Å². The molecule has 1 amide bonds. The molecule has 1 aromatic rings. The Morgan fingerprint density at radius 1 is 1.56 bits per heavy atom. The van der Waals surface area contributed by atoms with E-state index in [1.165, 1.54) is 11.3 Å². The second-order valence-corrected chi connectivity index (χ2v) is 7.13. The van der Waals surface area contributed by atoms with Crippen molar-refractivity contribution in [3.05, 3.63) is 17.5 Å². The number of carbonyl (C=O) groups excluding carboxylic acids is 1. The molecule has 2 atom stereocenters. The first kappa shape index (κ1) is 17.5. The Labute approximate surface area is 118 Å². The van der Waals surface area contributed by atoms with Crippen LogP contribution in [0, 0.1) is 5.92 Å². The van der Waals surface area contributed by atoms with Crippen molar-refractivity contribution in [1.29, 1.82) is 0 Å². The minimum absolute atomic E-state index is 0. The molecule has 4 N–H and O–H groups in total. The van der Waals surface area contributed by atoms with E-state index in [1.54, 1.807) is 17.5 Å². The van der Waals surface area contributed by atoms with Crippen LogP contribution in [-0.4, -0.2) is 16.2 Å². The van der Waals surface area contributed by atoms with Crippen LogP contribution in [0.5, 0.6) is 0 Å². The minimum Gasteiger partial charge on any atom is -0.320 e. The van der Waals surface area contributed by atoms with Gasteiger partial charge in [-0.05, 0) is 23.8 Å². The predicted molar refractivity (Wildman–Crippen MR) is 77.0 cm³/mol. The summed E-state index contributed by atoms with van der Waals surface area (Å²) >= 11 is 1.21. The Balaban J connectivity index is 0.00000289. The van der Waals surface area contributed by atoms with Crippen molar-refractivity contribution in [2.75, 3.05) is 0 Å². The highest BCUT2D eigenvalue weighted by atomic mass is 35.5. The van der Waals surface area contributed by atoms with Gasteiger partial charge in [0.25, 0.3) is 5.91 Å². The van der Waals surface area contributed by atoms with Crippen LogP contribution in [0.3, 0.4) is 0 Å². The highest BCUT2D eigenvalue weighted by molar-refractivity contribution is 7.93. The van der Waals surface area contributed by atoms with Gasteiger partial charge in [0.1, 0.15) is 4.21 Å². The number of amides is 1. The van der Waals surface area contributed by atoms with Gasteiger partial charge in [-0.15, -0.1) is 28.1 Å². The van der Waals surface area contributed by atoms with E-state index in [0.717, 1.165) is 0 Å². The zero-order chi connectivity index (χ0) is 13.1. The molecule has 0 radical (unpaired) electrons. The fourth-order valence-electron chi connectivity index (χ4n) is 1.28. The minimum atomic E-state index is -3.13. The van der Waals surface area contributed by atoms with Crippen LogP contribution in [0.4, 0.5) is 0 Å². The van der Waals surface area contributed by atoms with Crippen LogP contribution in [0.1, 0.15) is 20.3 Å². The zero-order valence-electron chi connectivity index (χ0n) is 10.2. The summed E-state index contributed by atoms with van der Waals surface area (Å²) in [7, 11) is -3.13. The van der Waals surface area contributed by atoms with Crippen LogP contribution in [0.15, 0.2) is 26.1 Å². The van der Waals surface area contributed by atoms with Crippen molar-refractivity contribution < 1.29 is 9.00 Å². The van der Waals surface area contributed by atoms with Gasteiger partial charge in [-0.3, -0.25) is 4.79 Å². The molecular formula is C10H18ClN3O2S2. The molecule has 8 heteroatoms. The molecule has 0 spiro atoms. The number of hydrogen-bond acceptors (Lipinski definition) is 4. The first-order valence-corrected chi connectivity index (χ1v) is 7.66. The van der Waals surface area contributed by atoms with Gasteiger partial charge in [0, 0.05) is 0 Å². The van der Waals surface area contributed by atoms with Gasteiger partial charge in [-0.2, -0.15) is 0 Å². The van der Waals surface area contributed by atoms with Gasteiger partial charge in [0.15, 0.2) is 9.92 Å². The molecule has 18 heavy (non-hydrogen) atoms. The fourth-order valence-corrected chi connectivity index (χ4v) is 3.33. The Hall–Kier alpha value is -0.470. The maximum Gasteiger partial charge on any atom is 0.271 e. The molecule has 0 aliphatic carbocycles. The average Bonchev–Trinajstić information content (AvgIpc) is 2.68. The molecule has 1 heterocycles. The third-order valence-electron chi connectivity index (χ3n) is 2.05. The Bertz CT molecular complexity index is 493. The van der Waals surface area contributed by atoms with E-state index >= 15 is 0 Å². The van der Waals surface area contributed by atoms with Gasteiger partial charge in [-0.25, -0.2) is 9.35 Å². The maximum atomic E-state index is 12.0. The lowest BCUT2D eigenvalue weighted by Gasteiger charge is -2.10. The Morgan fingerprint density at radius 2 is 2.17 bits per heavy atom. The molecule has 104 valence electrons. The van der Waals surface area contributed by atoms with Gasteiger partial charge < -0.3 is 5.73 Å². The molecule has 5 nitrogen and oxygen atoms in total. The number of rotatable bonds is 4. The third kappa shape index (κ3) is 5.03. The number of nitrogens with two attached hydrogens (primary N) is 2. The van der Waals surface area contributed by atoms with Crippen molar-refractivity contribution in [3.8, 4) is 0 Å². The molecule has 1 aromatic heterocycles. The standard InChI is InChI=1S/C10H17N3O2S2.ClH/c1-7(2)6-8(11)10(14)13-17(12,15)9-4-3-5-16-9;/h3-5,7-8H,6,11H2,1-2H3,(H2,12,13,14,15);1H/t8-,17?;/m0./s1. The third-order valence-corrected chi connectivity index (χ3v) is 4.88. The molecule has 1 rings (SSSR count). The van der Waals surface area contributed by atoms with Gasteiger partial charge >= 0.3 is 0 Å². The lowest BCUT2D eigenvalue weighted by molar-refractivity contribution is -0.119. The zero-order valence-corrected chi connectivity index (χ0v) is 12.7. The summed E-state index contributed by atoms with van der Waals surface area (Å²) in [4.78, 5) is 11.6. The van der Waals surface area contributed by atoms with Crippen molar-refractivity contribution in [2.45, 2.75) is 30.5 Å². The summed E-state index contributed by atoms with van der Waals surface area (Å²) in [6, 6.07) is 2.57. The molecule has 1 unspecified atom stereocenters. The Kier molecular flexibility index (Phi) is 7.01. The Morgan fingerprint density at radius 3 is 2.61 bits per heavy atom. The summed E-state index contributed by atoms with van der Waals surface area (Å²) < 4.78 is 15.9. The number of halogens is 1. The van der Waals surface area contributed by atoms with E-state index in [4.69, 9.17) is 10.9 Å². The average molecular weight is 312 g/mol. The lowest BCUT2D eigenvalue weighted by Crippen LogP contribution is -2.32. The van der Waals surface area contributed by atoms with Crippen LogP contribution in [-0.2, 0) is 14.7 Å². The van der Waals surface area contributed by atoms with E-state index in [0.29, 0.717) is 10.6 Å². The molecule has 0 fully saturated rings. The summed E-state index contributed by atoms with van der Waals surface area (Å²) in [6.45, 7) is 3.90. The van der Waals surface area contributed by atoms with Crippen molar-refractivity contribution in [3.63, 3.8) is 0 Å². The maximum absolute atomic E-state index is 12.0. The van der Waals surface area contributed by atoms with E-state index in [2.05, 4.69) is 4.36 Å². The van der Waals surface area contributed by atoms with Gasteiger partial charge in [-0.1, -0.05) is 19.9 Å². The van der Waals surface area contributed by atoms with Gasteiger partial charge in [0.05, 0.1) is 6.04 Å². The van der Waals surface area contributed by atoms with Gasteiger partial charge in [0.2, 0.25) is 0 Å². The second kappa shape index (κ2) is 7.20. The van der Waals surface area contributed by atoms with E-state index in [-0.39, 0.29) is 18.3 Å². The molecule has 0 bridgehead atoms. The van der Waals surface area contributed by atoms with Crippen molar-refractivity contribution in [1.82, 2.24) is 0 Å². The first-order valence-electron chi connectivity index (χ1n) is 5.21. The fraction of sp³-hybridized carbons (Fsp3) is 0.500. The van der Waals surface area contributed by atoms with Crippen molar-refractivity contribution in [2.24, 2.45) is 21.2 Å². The number of thiophene rings is 1. The lowest BCUT2D eigenvalue weighted by atomic mass is 10.0. The summed E-state index contributed by atoms with van der Waals surface area (Å²) in [5.74, 6) is -0.320. The first-order chi connectivity index (χ1) is 7.83. The second-order valence-electron chi connectivity index (χ2n) is 4.17. The molecule has 0 aliphatic heterocycles. The SMILES string of the molecule is CC(C)C[C@H](N)C(=O)N=S(N)(=O)c1cccs1.Cl. The summed E-state index contributed by atoms with van der Waals surface area (Å²) in [5.41, 5.74) is 5.66.